The summed E-state index contributed by atoms with van der Waals surface area (Å²) in [5.74, 6) is 5.45. The molecule has 0 saturated heterocycles. The summed E-state index contributed by atoms with van der Waals surface area (Å²) in [6.07, 6.45) is 1.74. The van der Waals surface area contributed by atoms with E-state index < -0.39 is 4.92 Å². The van der Waals surface area contributed by atoms with E-state index in [-0.39, 0.29) is 5.69 Å². The summed E-state index contributed by atoms with van der Waals surface area (Å²) in [5, 5.41) is 10.9. The molecule has 1 aromatic carbocycles. The van der Waals surface area contributed by atoms with Crippen molar-refractivity contribution >= 4 is 11.4 Å². The molecule has 0 atom stereocenters. The van der Waals surface area contributed by atoms with Gasteiger partial charge in [0.25, 0.3) is 5.69 Å². The molecule has 1 heterocycles. The van der Waals surface area contributed by atoms with Crippen molar-refractivity contribution in [1.82, 2.24) is 9.88 Å². The van der Waals surface area contributed by atoms with Gasteiger partial charge in [-0.3, -0.25) is 25.8 Å². The molecule has 0 aliphatic rings. The van der Waals surface area contributed by atoms with Gasteiger partial charge in [0.15, 0.2) is 0 Å². The van der Waals surface area contributed by atoms with Crippen LogP contribution in [0.4, 0.5) is 11.4 Å². The van der Waals surface area contributed by atoms with E-state index in [0.717, 1.165) is 11.3 Å². The Labute approximate surface area is 122 Å². The van der Waals surface area contributed by atoms with Gasteiger partial charge in [-0.2, -0.15) is 0 Å². The molecular formula is C14H17N5O2. The van der Waals surface area contributed by atoms with Gasteiger partial charge in [0, 0.05) is 31.4 Å². The minimum atomic E-state index is -0.414. The topological polar surface area (TPSA) is 97.3 Å². The molecule has 0 fully saturated rings. The zero-order valence-electron chi connectivity index (χ0n) is 11.7. The monoisotopic (exact) mass is 287 g/mol. The van der Waals surface area contributed by atoms with Crippen LogP contribution in [-0.4, -0.2) is 21.9 Å². The van der Waals surface area contributed by atoms with Crippen molar-refractivity contribution in [3.05, 3.63) is 64.0 Å². The third-order valence-electron chi connectivity index (χ3n) is 3.05. The van der Waals surface area contributed by atoms with E-state index in [9.17, 15) is 10.1 Å². The Kier molecular flexibility index (Phi) is 4.81. The molecule has 0 bridgehead atoms. The van der Waals surface area contributed by atoms with Gasteiger partial charge >= 0.3 is 0 Å². The fourth-order valence-electron chi connectivity index (χ4n) is 2.08. The quantitative estimate of drug-likeness (QED) is 0.478. The van der Waals surface area contributed by atoms with Gasteiger partial charge in [0.05, 0.1) is 16.3 Å². The first-order valence-corrected chi connectivity index (χ1v) is 6.42. The van der Waals surface area contributed by atoms with Gasteiger partial charge < -0.3 is 5.43 Å². The fourth-order valence-corrected chi connectivity index (χ4v) is 2.08. The summed E-state index contributed by atoms with van der Waals surface area (Å²) in [4.78, 5) is 16.7. The molecule has 0 amide bonds. The van der Waals surface area contributed by atoms with E-state index in [2.05, 4.69) is 10.4 Å². The van der Waals surface area contributed by atoms with Gasteiger partial charge in [-0.25, -0.2) is 0 Å². The number of nitrogens with two attached hydrogens (primary N) is 1. The van der Waals surface area contributed by atoms with Gasteiger partial charge in [-0.05, 0) is 30.8 Å². The molecule has 0 radical (unpaired) electrons. The van der Waals surface area contributed by atoms with Crippen LogP contribution in [0.15, 0.2) is 42.6 Å². The number of nitrogens with zero attached hydrogens (tertiary/aromatic N) is 3. The first kappa shape index (κ1) is 14.9. The van der Waals surface area contributed by atoms with Crippen molar-refractivity contribution in [2.24, 2.45) is 5.84 Å². The third-order valence-corrected chi connectivity index (χ3v) is 3.05. The molecule has 110 valence electrons. The van der Waals surface area contributed by atoms with Crippen molar-refractivity contribution in [3.63, 3.8) is 0 Å². The number of anilines is 1. The molecule has 0 spiro atoms. The van der Waals surface area contributed by atoms with Crippen LogP contribution in [0, 0.1) is 10.1 Å². The summed E-state index contributed by atoms with van der Waals surface area (Å²) in [5.41, 5.74) is 5.00. The van der Waals surface area contributed by atoms with E-state index in [1.165, 1.54) is 12.1 Å². The molecule has 7 nitrogen and oxygen atoms in total. The Morgan fingerprint density at radius 1 is 1.33 bits per heavy atom. The number of aromatic nitrogens is 1. The number of hydrogen-bond acceptors (Lipinski definition) is 6. The maximum absolute atomic E-state index is 10.9. The normalized spacial score (nSPS) is 10.6. The lowest BCUT2D eigenvalue weighted by Gasteiger charge is -2.18. The average Bonchev–Trinajstić information content (AvgIpc) is 2.48. The summed E-state index contributed by atoms with van der Waals surface area (Å²) in [6, 6.07) is 10.3. The van der Waals surface area contributed by atoms with Crippen LogP contribution in [0.3, 0.4) is 0 Å². The maximum atomic E-state index is 10.9. The second-order valence-electron chi connectivity index (χ2n) is 4.74. The first-order chi connectivity index (χ1) is 10.1. The van der Waals surface area contributed by atoms with Crippen LogP contribution >= 0.6 is 0 Å². The predicted molar refractivity (Wildman–Crippen MR) is 80.3 cm³/mol. The molecule has 0 unspecified atom stereocenters. The highest BCUT2D eigenvalue weighted by Gasteiger charge is 2.12. The average molecular weight is 287 g/mol. The van der Waals surface area contributed by atoms with Crippen molar-refractivity contribution in [2.45, 2.75) is 13.1 Å². The van der Waals surface area contributed by atoms with Crippen LogP contribution in [0.5, 0.6) is 0 Å². The van der Waals surface area contributed by atoms with Crippen molar-refractivity contribution in [2.75, 3.05) is 12.5 Å². The van der Waals surface area contributed by atoms with E-state index >= 15 is 0 Å². The molecule has 0 aliphatic heterocycles. The van der Waals surface area contributed by atoms with E-state index in [0.29, 0.717) is 18.8 Å². The van der Waals surface area contributed by atoms with Crippen molar-refractivity contribution < 1.29 is 4.92 Å². The Morgan fingerprint density at radius 3 is 2.76 bits per heavy atom. The molecule has 0 aliphatic carbocycles. The zero-order valence-corrected chi connectivity index (χ0v) is 11.7. The summed E-state index contributed by atoms with van der Waals surface area (Å²) < 4.78 is 0. The number of non-ortho nitro benzene ring substituents is 1. The lowest BCUT2D eigenvalue weighted by molar-refractivity contribution is -0.384. The number of pyridine rings is 1. The Balaban J connectivity index is 2.13. The number of hydrazine groups is 1. The van der Waals surface area contributed by atoms with Crippen molar-refractivity contribution in [3.8, 4) is 0 Å². The molecule has 3 N–H and O–H groups in total. The van der Waals surface area contributed by atoms with Gasteiger partial charge in [0.2, 0.25) is 0 Å². The highest BCUT2D eigenvalue weighted by atomic mass is 16.6. The van der Waals surface area contributed by atoms with Crippen molar-refractivity contribution in [1.29, 1.82) is 0 Å². The van der Waals surface area contributed by atoms with Crippen LogP contribution in [0.1, 0.15) is 11.3 Å². The van der Waals surface area contributed by atoms with Gasteiger partial charge in [-0.1, -0.05) is 6.07 Å². The number of benzene rings is 1. The lowest BCUT2D eigenvalue weighted by Crippen LogP contribution is -2.20. The molecule has 0 saturated carbocycles. The summed E-state index contributed by atoms with van der Waals surface area (Å²) in [7, 11) is 1.92. The fraction of sp³-hybridized carbons (Fsp3) is 0.214. The minimum Gasteiger partial charge on any atom is -0.324 e. The number of hydrogen-bond donors (Lipinski definition) is 2. The number of rotatable bonds is 6. The van der Waals surface area contributed by atoms with E-state index in [1.54, 1.807) is 12.3 Å². The number of nitro groups is 1. The lowest BCUT2D eigenvalue weighted by atomic mass is 10.1. The van der Waals surface area contributed by atoms with Crippen LogP contribution < -0.4 is 11.3 Å². The van der Waals surface area contributed by atoms with E-state index in [1.807, 2.05) is 30.1 Å². The number of nitro benzene ring substituents is 1. The van der Waals surface area contributed by atoms with E-state index in [4.69, 9.17) is 5.84 Å². The summed E-state index contributed by atoms with van der Waals surface area (Å²) >= 11 is 0. The number of nitrogen functional groups attached to an aromatic ring is 1. The molecule has 2 aromatic rings. The molecular weight excluding hydrogens is 270 g/mol. The molecule has 7 heteroatoms. The number of nitrogens with one attached hydrogen (secondary N) is 1. The highest BCUT2D eigenvalue weighted by Crippen LogP contribution is 2.23. The largest absolute Gasteiger partial charge is 0.324 e. The standard InChI is InChI=1S/C14H17N5O2/c1-18(10-12-4-2-3-7-16-12)9-11-8-13(19(20)21)5-6-14(11)17-15/h2-8,17H,9-10,15H2,1H3. The van der Waals surface area contributed by atoms with Crippen LogP contribution in [0.2, 0.25) is 0 Å². The van der Waals surface area contributed by atoms with Crippen LogP contribution in [0.25, 0.3) is 0 Å². The minimum absolute atomic E-state index is 0.0511. The van der Waals surface area contributed by atoms with Gasteiger partial charge in [-0.15, -0.1) is 0 Å². The zero-order chi connectivity index (χ0) is 15.2. The third kappa shape index (κ3) is 3.98. The Hall–Kier alpha value is -2.51. The Bertz CT molecular complexity index is 618. The molecule has 21 heavy (non-hydrogen) atoms. The predicted octanol–water partition coefficient (Wildman–Crippen LogP) is 1.91. The smallest absolute Gasteiger partial charge is 0.269 e. The molecule has 1 aromatic heterocycles. The second-order valence-corrected chi connectivity index (χ2v) is 4.74. The van der Waals surface area contributed by atoms with Crippen LogP contribution in [-0.2, 0) is 13.1 Å². The molecule has 2 rings (SSSR count). The second kappa shape index (κ2) is 6.78. The van der Waals surface area contributed by atoms with Gasteiger partial charge in [0.1, 0.15) is 0 Å². The highest BCUT2D eigenvalue weighted by molar-refractivity contribution is 5.55. The first-order valence-electron chi connectivity index (χ1n) is 6.42. The SMILES string of the molecule is CN(Cc1ccccn1)Cc1cc([N+](=O)[O-])ccc1NN. The summed E-state index contributed by atoms with van der Waals surface area (Å²) in [6.45, 7) is 1.17. The Morgan fingerprint density at radius 2 is 2.14 bits per heavy atom. The maximum Gasteiger partial charge on any atom is 0.269 e.